The first-order valence-corrected chi connectivity index (χ1v) is 6.38. The van der Waals surface area contributed by atoms with E-state index in [1.165, 1.54) is 0 Å². The Balaban J connectivity index is 2.85. The number of halogens is 3. The van der Waals surface area contributed by atoms with Crippen LogP contribution in [0.4, 0.5) is 0 Å². The zero-order valence-electron chi connectivity index (χ0n) is 6.84. The molecule has 0 bridgehead atoms. The van der Waals surface area contributed by atoms with Gasteiger partial charge in [-0.05, 0) is 54.5 Å². The van der Waals surface area contributed by atoms with Crippen molar-refractivity contribution in [3.05, 3.63) is 24.8 Å². The van der Waals surface area contributed by atoms with E-state index < -0.39 is 0 Å². The Morgan fingerprint density at radius 2 is 2.14 bits per heavy atom. The third-order valence-corrected chi connectivity index (χ3v) is 3.79. The van der Waals surface area contributed by atoms with Crippen molar-refractivity contribution in [3.8, 4) is 0 Å². The molecule has 0 spiro atoms. The minimum Gasteiger partial charge on any atom is -0.325 e. The van der Waals surface area contributed by atoms with Crippen molar-refractivity contribution in [2.45, 2.75) is 6.54 Å². The van der Waals surface area contributed by atoms with Crippen molar-refractivity contribution in [1.82, 2.24) is 14.4 Å². The Kier molecular flexibility index (Phi) is 3.10. The summed E-state index contributed by atoms with van der Waals surface area (Å²) in [4.78, 5) is 8.57. The second kappa shape index (κ2) is 4.03. The van der Waals surface area contributed by atoms with Crippen molar-refractivity contribution in [3.63, 3.8) is 0 Å². The van der Waals surface area contributed by atoms with E-state index in [-0.39, 0.29) is 0 Å². The molecule has 74 valence electrons. The summed E-state index contributed by atoms with van der Waals surface area (Å²) >= 11 is 8.90. The molecule has 2 N–H and O–H groups in total. The van der Waals surface area contributed by atoms with E-state index in [1.807, 2.05) is 10.6 Å². The molecule has 2 rings (SSSR count). The molecule has 7 heteroatoms. The van der Waals surface area contributed by atoms with Gasteiger partial charge in [0.05, 0.1) is 5.69 Å². The minimum atomic E-state index is 0.435. The van der Waals surface area contributed by atoms with Crippen LogP contribution < -0.4 is 5.73 Å². The van der Waals surface area contributed by atoms with Crippen LogP contribution >= 0.6 is 54.5 Å². The molecule has 0 unspecified atom stereocenters. The van der Waals surface area contributed by atoms with E-state index in [2.05, 4.69) is 64.4 Å². The molecule has 2 aromatic heterocycles. The molecule has 2 heterocycles. The molecule has 0 amide bonds. The summed E-state index contributed by atoms with van der Waals surface area (Å²) in [5.41, 5.74) is 7.25. The Morgan fingerprint density at radius 3 is 2.79 bits per heavy atom. The van der Waals surface area contributed by atoms with Crippen LogP contribution in [-0.2, 0) is 6.54 Å². The summed E-state index contributed by atoms with van der Waals surface area (Å²) in [7, 11) is 0. The molecule has 0 aliphatic carbocycles. The number of rotatable bonds is 1. The molecule has 0 saturated heterocycles. The average molecular weight is 432 g/mol. The molecule has 0 aliphatic rings. The van der Waals surface area contributed by atoms with Crippen LogP contribution in [-0.4, -0.2) is 14.4 Å². The van der Waals surface area contributed by atoms with Gasteiger partial charge >= 0.3 is 0 Å². The molecule has 0 atom stereocenters. The first kappa shape index (κ1) is 10.8. The lowest BCUT2D eigenvalue weighted by Gasteiger charge is -1.97. The highest BCUT2D eigenvalue weighted by Crippen LogP contribution is 2.22. The van der Waals surface area contributed by atoms with E-state index in [0.717, 1.165) is 19.6 Å². The Labute approximate surface area is 111 Å². The highest BCUT2D eigenvalue weighted by molar-refractivity contribution is 14.1. The molecular formula is C7H5Br2IN4. The summed E-state index contributed by atoms with van der Waals surface area (Å²) in [6.07, 6.45) is 1.87. The van der Waals surface area contributed by atoms with E-state index in [1.54, 1.807) is 0 Å². The molecule has 0 fully saturated rings. The molecule has 0 aliphatic heterocycles. The minimum absolute atomic E-state index is 0.435. The van der Waals surface area contributed by atoms with Gasteiger partial charge < -0.3 is 5.73 Å². The second-order valence-electron chi connectivity index (χ2n) is 2.60. The van der Waals surface area contributed by atoms with Gasteiger partial charge in [0.15, 0.2) is 10.3 Å². The molecule has 2 aromatic rings. The van der Waals surface area contributed by atoms with Crippen LogP contribution in [0.1, 0.15) is 5.69 Å². The molecule has 4 nitrogen and oxygen atoms in total. The summed E-state index contributed by atoms with van der Waals surface area (Å²) < 4.78 is 4.44. The van der Waals surface area contributed by atoms with Gasteiger partial charge in [0.2, 0.25) is 0 Å². The summed E-state index contributed by atoms with van der Waals surface area (Å²) in [6.45, 7) is 0.435. The highest BCUT2D eigenvalue weighted by Gasteiger charge is 2.11. The fourth-order valence-electron chi connectivity index (χ4n) is 1.13. The first-order chi connectivity index (χ1) is 6.63. The Bertz CT molecular complexity index is 496. The van der Waals surface area contributed by atoms with Crippen molar-refractivity contribution in [1.29, 1.82) is 0 Å². The second-order valence-corrected chi connectivity index (χ2v) is 5.19. The van der Waals surface area contributed by atoms with E-state index in [4.69, 9.17) is 5.73 Å². The molecule has 14 heavy (non-hydrogen) atoms. The van der Waals surface area contributed by atoms with Crippen LogP contribution in [0.15, 0.2) is 15.4 Å². The lowest BCUT2D eigenvalue weighted by atomic mass is 10.5. The number of hydrogen-bond acceptors (Lipinski definition) is 3. The third-order valence-electron chi connectivity index (χ3n) is 1.74. The zero-order chi connectivity index (χ0) is 10.3. The SMILES string of the molecule is NCc1nc2c(Br)nc(Br)cn2c1I. The molecular weight excluding hydrogens is 427 g/mol. The summed E-state index contributed by atoms with van der Waals surface area (Å²) in [6, 6.07) is 0. The van der Waals surface area contributed by atoms with Crippen molar-refractivity contribution in [2.75, 3.05) is 0 Å². The Morgan fingerprint density at radius 1 is 1.43 bits per heavy atom. The average Bonchev–Trinajstić information content (AvgIpc) is 2.44. The van der Waals surface area contributed by atoms with Crippen molar-refractivity contribution < 1.29 is 0 Å². The maximum atomic E-state index is 5.57. The maximum absolute atomic E-state index is 5.57. The standard InChI is InChI=1S/C7H5Br2IN4/c8-4-2-14-6(10)3(1-11)12-7(14)5(9)13-4/h2H,1,11H2. The van der Waals surface area contributed by atoms with Gasteiger partial charge in [-0.2, -0.15) is 0 Å². The maximum Gasteiger partial charge on any atom is 0.171 e. The largest absolute Gasteiger partial charge is 0.325 e. The van der Waals surface area contributed by atoms with Crippen molar-refractivity contribution in [2.24, 2.45) is 5.73 Å². The fraction of sp³-hybridized carbons (Fsp3) is 0.143. The van der Waals surface area contributed by atoms with Crippen LogP contribution in [0.3, 0.4) is 0 Å². The Hall–Kier alpha value is 0.270. The van der Waals surface area contributed by atoms with E-state index in [9.17, 15) is 0 Å². The van der Waals surface area contributed by atoms with Crippen LogP contribution in [0.5, 0.6) is 0 Å². The monoisotopic (exact) mass is 430 g/mol. The lowest BCUT2D eigenvalue weighted by Crippen LogP contribution is -1.98. The first-order valence-electron chi connectivity index (χ1n) is 3.72. The van der Waals surface area contributed by atoms with Gasteiger partial charge in [-0.25, -0.2) is 9.97 Å². The quantitative estimate of drug-likeness (QED) is 0.705. The van der Waals surface area contributed by atoms with Gasteiger partial charge in [0.1, 0.15) is 8.30 Å². The normalized spacial score (nSPS) is 11.1. The van der Waals surface area contributed by atoms with Gasteiger partial charge in [-0.1, -0.05) is 0 Å². The molecule has 0 saturated carbocycles. The predicted molar refractivity (Wildman–Crippen MR) is 69.0 cm³/mol. The smallest absolute Gasteiger partial charge is 0.171 e. The predicted octanol–water partition coefficient (Wildman–Crippen LogP) is 2.32. The summed E-state index contributed by atoms with van der Waals surface area (Å²) in [5, 5.41) is 0. The molecule has 0 radical (unpaired) electrons. The van der Waals surface area contributed by atoms with Crippen LogP contribution in [0, 0.1) is 3.70 Å². The highest BCUT2D eigenvalue weighted by atomic mass is 127. The van der Waals surface area contributed by atoms with Crippen LogP contribution in [0.2, 0.25) is 0 Å². The number of aromatic nitrogens is 3. The van der Waals surface area contributed by atoms with Gasteiger partial charge in [0.25, 0.3) is 0 Å². The number of imidazole rings is 1. The number of nitrogens with zero attached hydrogens (tertiary/aromatic N) is 3. The van der Waals surface area contributed by atoms with Crippen LogP contribution in [0.25, 0.3) is 5.65 Å². The number of hydrogen-bond donors (Lipinski definition) is 1. The third kappa shape index (κ3) is 1.70. The summed E-state index contributed by atoms with van der Waals surface area (Å²) in [5.74, 6) is 0. The van der Waals surface area contributed by atoms with Gasteiger partial charge in [0, 0.05) is 12.7 Å². The van der Waals surface area contributed by atoms with E-state index >= 15 is 0 Å². The van der Waals surface area contributed by atoms with E-state index in [0.29, 0.717) is 11.1 Å². The van der Waals surface area contributed by atoms with Gasteiger partial charge in [-0.3, -0.25) is 4.40 Å². The zero-order valence-corrected chi connectivity index (χ0v) is 12.2. The topological polar surface area (TPSA) is 56.2 Å². The fourth-order valence-corrected chi connectivity index (χ4v) is 2.93. The van der Waals surface area contributed by atoms with Crippen molar-refractivity contribution >= 4 is 60.1 Å². The molecule has 0 aromatic carbocycles. The number of nitrogens with two attached hydrogens (primary N) is 1. The lowest BCUT2D eigenvalue weighted by molar-refractivity contribution is 0.997. The van der Waals surface area contributed by atoms with Gasteiger partial charge in [-0.15, -0.1) is 0 Å². The number of fused-ring (bicyclic) bond motifs is 1.